The van der Waals surface area contributed by atoms with Crippen LogP contribution in [0.4, 0.5) is 0 Å². The molecule has 130 valence electrons. The van der Waals surface area contributed by atoms with Crippen LogP contribution >= 0.6 is 0 Å². The number of rotatable bonds is 3. The normalized spacial score (nSPS) is 12.5. The molecule has 5 aromatic rings. The van der Waals surface area contributed by atoms with Crippen molar-refractivity contribution in [3.8, 4) is 5.75 Å². The van der Waals surface area contributed by atoms with Gasteiger partial charge in [0.2, 0.25) is 0 Å². The highest BCUT2D eigenvalue weighted by molar-refractivity contribution is 6.18. The van der Waals surface area contributed by atoms with Gasteiger partial charge in [0.1, 0.15) is 11.9 Å². The maximum atomic E-state index is 6.35. The molecule has 0 N–H and O–H groups in total. The van der Waals surface area contributed by atoms with Gasteiger partial charge in [0.15, 0.2) is 0 Å². The fourth-order valence-electron chi connectivity index (χ4n) is 3.91. The molecule has 0 radical (unpaired) electrons. The van der Waals surface area contributed by atoms with Gasteiger partial charge < -0.3 is 4.74 Å². The van der Waals surface area contributed by atoms with Gasteiger partial charge in [-0.05, 0) is 51.6 Å². The molecular formula is C26H20O. The molecule has 1 unspecified atom stereocenters. The van der Waals surface area contributed by atoms with Gasteiger partial charge in [-0.3, -0.25) is 0 Å². The summed E-state index contributed by atoms with van der Waals surface area (Å²) >= 11 is 0. The van der Waals surface area contributed by atoms with Gasteiger partial charge in [0, 0.05) is 5.39 Å². The number of fused-ring (bicyclic) bond motifs is 5. The minimum absolute atomic E-state index is 0.00380. The molecule has 5 rings (SSSR count). The first-order valence-electron chi connectivity index (χ1n) is 9.36. The van der Waals surface area contributed by atoms with E-state index < -0.39 is 0 Å². The number of benzene rings is 5. The SMILES string of the molecule is CC(Oc1cccc2c1ccc1c3ccccc3ccc21)c1ccccc1. The largest absolute Gasteiger partial charge is 0.485 e. The molecule has 0 fully saturated rings. The lowest BCUT2D eigenvalue weighted by Gasteiger charge is -2.17. The second-order valence-corrected chi connectivity index (χ2v) is 6.97. The zero-order valence-corrected chi connectivity index (χ0v) is 15.2. The van der Waals surface area contributed by atoms with Crippen LogP contribution < -0.4 is 4.74 Å². The van der Waals surface area contributed by atoms with Crippen LogP contribution in [0.3, 0.4) is 0 Å². The predicted octanol–water partition coefficient (Wildman–Crippen LogP) is 7.29. The molecule has 0 aromatic heterocycles. The van der Waals surface area contributed by atoms with E-state index in [-0.39, 0.29) is 6.10 Å². The zero-order chi connectivity index (χ0) is 18.2. The summed E-state index contributed by atoms with van der Waals surface area (Å²) in [6.07, 6.45) is 0.00380. The van der Waals surface area contributed by atoms with Gasteiger partial charge >= 0.3 is 0 Å². The van der Waals surface area contributed by atoms with E-state index in [9.17, 15) is 0 Å². The Morgan fingerprint density at radius 3 is 2.04 bits per heavy atom. The van der Waals surface area contributed by atoms with Gasteiger partial charge in [0.25, 0.3) is 0 Å². The van der Waals surface area contributed by atoms with E-state index in [0.717, 1.165) is 11.1 Å². The van der Waals surface area contributed by atoms with Crippen molar-refractivity contribution in [2.24, 2.45) is 0 Å². The van der Waals surface area contributed by atoms with Crippen molar-refractivity contribution >= 4 is 32.3 Å². The minimum atomic E-state index is 0.00380. The standard InChI is InChI=1S/C26H20O/c1-18(19-8-3-2-4-9-19)27-26-13-7-12-22-24-15-14-20-10-5-6-11-21(20)23(24)16-17-25(22)26/h2-18H,1H3. The lowest BCUT2D eigenvalue weighted by molar-refractivity contribution is 0.230. The van der Waals surface area contributed by atoms with E-state index in [1.165, 1.54) is 32.5 Å². The van der Waals surface area contributed by atoms with Crippen molar-refractivity contribution in [2.75, 3.05) is 0 Å². The molecule has 0 heterocycles. The van der Waals surface area contributed by atoms with Crippen molar-refractivity contribution in [3.63, 3.8) is 0 Å². The molecule has 27 heavy (non-hydrogen) atoms. The first-order chi connectivity index (χ1) is 13.3. The summed E-state index contributed by atoms with van der Waals surface area (Å²) in [5.41, 5.74) is 1.18. The van der Waals surface area contributed by atoms with Crippen LogP contribution in [0.2, 0.25) is 0 Å². The van der Waals surface area contributed by atoms with Gasteiger partial charge in [-0.25, -0.2) is 0 Å². The molecule has 0 saturated carbocycles. The Bertz CT molecular complexity index is 1250. The van der Waals surface area contributed by atoms with E-state index in [4.69, 9.17) is 4.74 Å². The third-order valence-electron chi connectivity index (χ3n) is 5.32. The Morgan fingerprint density at radius 1 is 0.519 bits per heavy atom. The van der Waals surface area contributed by atoms with Crippen molar-refractivity contribution in [2.45, 2.75) is 13.0 Å². The first kappa shape index (κ1) is 15.9. The topological polar surface area (TPSA) is 9.23 Å². The van der Waals surface area contributed by atoms with Gasteiger partial charge in [-0.15, -0.1) is 0 Å². The molecule has 0 aliphatic heterocycles. The van der Waals surface area contributed by atoms with E-state index in [1.54, 1.807) is 0 Å². The van der Waals surface area contributed by atoms with Gasteiger partial charge in [0.05, 0.1) is 0 Å². The quantitative estimate of drug-likeness (QED) is 0.311. The molecule has 0 amide bonds. The van der Waals surface area contributed by atoms with Crippen LogP contribution in [0, 0.1) is 0 Å². The van der Waals surface area contributed by atoms with Crippen LogP contribution in [0.15, 0.2) is 97.1 Å². The Morgan fingerprint density at radius 2 is 1.15 bits per heavy atom. The van der Waals surface area contributed by atoms with Crippen LogP contribution in [-0.4, -0.2) is 0 Å². The minimum Gasteiger partial charge on any atom is -0.485 e. The summed E-state index contributed by atoms with van der Waals surface area (Å²) in [7, 11) is 0. The van der Waals surface area contributed by atoms with E-state index in [0.29, 0.717) is 0 Å². The Hall–Kier alpha value is -3.32. The molecule has 0 aliphatic rings. The summed E-state index contributed by atoms with van der Waals surface area (Å²) in [6.45, 7) is 2.10. The maximum Gasteiger partial charge on any atom is 0.128 e. The highest BCUT2D eigenvalue weighted by Crippen LogP contribution is 2.36. The Balaban J connectivity index is 1.67. The number of hydrogen-bond donors (Lipinski definition) is 0. The maximum absolute atomic E-state index is 6.35. The second-order valence-electron chi connectivity index (χ2n) is 6.97. The predicted molar refractivity (Wildman–Crippen MR) is 114 cm³/mol. The molecule has 1 heteroatoms. The van der Waals surface area contributed by atoms with Crippen molar-refractivity contribution in [1.29, 1.82) is 0 Å². The number of hydrogen-bond acceptors (Lipinski definition) is 1. The average Bonchev–Trinajstić information content (AvgIpc) is 2.74. The highest BCUT2D eigenvalue weighted by Gasteiger charge is 2.11. The third kappa shape index (κ3) is 2.72. The van der Waals surface area contributed by atoms with E-state index >= 15 is 0 Å². The summed E-state index contributed by atoms with van der Waals surface area (Å²) in [5, 5.41) is 7.51. The molecule has 1 atom stereocenters. The fourth-order valence-corrected chi connectivity index (χ4v) is 3.91. The zero-order valence-electron chi connectivity index (χ0n) is 15.2. The van der Waals surface area contributed by atoms with Crippen LogP contribution in [0.1, 0.15) is 18.6 Å². The Kier molecular flexibility index (Phi) is 3.79. The van der Waals surface area contributed by atoms with Crippen molar-refractivity contribution in [3.05, 3.63) is 103 Å². The lowest BCUT2D eigenvalue weighted by Crippen LogP contribution is -2.03. The highest BCUT2D eigenvalue weighted by atomic mass is 16.5. The lowest BCUT2D eigenvalue weighted by atomic mass is 9.97. The Labute approximate surface area is 158 Å². The third-order valence-corrected chi connectivity index (χ3v) is 5.32. The molecule has 0 aliphatic carbocycles. The summed E-state index contributed by atoms with van der Waals surface area (Å²) in [6, 6.07) is 34.1. The smallest absolute Gasteiger partial charge is 0.128 e. The van der Waals surface area contributed by atoms with Crippen LogP contribution in [0.5, 0.6) is 5.75 Å². The molecule has 0 spiro atoms. The van der Waals surface area contributed by atoms with Crippen molar-refractivity contribution in [1.82, 2.24) is 0 Å². The summed E-state index contributed by atoms with van der Waals surface area (Å²) in [4.78, 5) is 0. The van der Waals surface area contributed by atoms with E-state index in [1.807, 2.05) is 6.07 Å². The molecule has 5 aromatic carbocycles. The molecular weight excluding hydrogens is 328 g/mol. The van der Waals surface area contributed by atoms with Crippen LogP contribution in [-0.2, 0) is 0 Å². The fraction of sp³-hybridized carbons (Fsp3) is 0.0769. The number of ether oxygens (including phenoxy) is 1. The van der Waals surface area contributed by atoms with Gasteiger partial charge in [-0.2, -0.15) is 0 Å². The summed E-state index contributed by atoms with van der Waals surface area (Å²) < 4.78 is 6.35. The second kappa shape index (κ2) is 6.44. The molecule has 0 bridgehead atoms. The monoisotopic (exact) mass is 348 g/mol. The van der Waals surface area contributed by atoms with Crippen LogP contribution in [0.25, 0.3) is 32.3 Å². The van der Waals surface area contributed by atoms with E-state index in [2.05, 4.69) is 97.9 Å². The van der Waals surface area contributed by atoms with Gasteiger partial charge in [-0.1, -0.05) is 84.9 Å². The average molecular weight is 348 g/mol. The molecule has 1 nitrogen and oxygen atoms in total. The molecule has 0 saturated heterocycles. The summed E-state index contributed by atoms with van der Waals surface area (Å²) in [5.74, 6) is 0.930. The van der Waals surface area contributed by atoms with Crippen molar-refractivity contribution < 1.29 is 4.74 Å². The first-order valence-corrected chi connectivity index (χ1v) is 9.36.